The number of nitrogens with one attached hydrogen (secondary N) is 2. The molecule has 5 heteroatoms. The molecule has 5 nitrogen and oxygen atoms in total. The molecule has 20 heavy (non-hydrogen) atoms. The molecule has 0 aromatic heterocycles. The monoisotopic (exact) mass is 283 g/mol. The number of piperidine rings is 1. The van der Waals surface area contributed by atoms with E-state index in [1.807, 2.05) is 32.7 Å². The predicted molar refractivity (Wildman–Crippen MR) is 80.3 cm³/mol. The Bertz CT molecular complexity index is 342. The summed E-state index contributed by atoms with van der Waals surface area (Å²) < 4.78 is 0. The van der Waals surface area contributed by atoms with Crippen LogP contribution >= 0.6 is 0 Å². The average Bonchev–Trinajstić information content (AvgIpc) is 2.38. The van der Waals surface area contributed by atoms with E-state index in [0.29, 0.717) is 5.92 Å². The highest BCUT2D eigenvalue weighted by Gasteiger charge is 2.29. The molecule has 1 heterocycles. The predicted octanol–water partition coefficient (Wildman–Crippen LogP) is 0.995. The Kier molecular flexibility index (Phi) is 5.99. The van der Waals surface area contributed by atoms with Gasteiger partial charge in [-0.25, -0.2) is 0 Å². The van der Waals surface area contributed by atoms with Crippen molar-refractivity contribution in [1.82, 2.24) is 15.5 Å². The van der Waals surface area contributed by atoms with Crippen molar-refractivity contribution in [3.63, 3.8) is 0 Å². The Labute approximate surface area is 122 Å². The van der Waals surface area contributed by atoms with Gasteiger partial charge in [-0.1, -0.05) is 20.8 Å². The van der Waals surface area contributed by atoms with Gasteiger partial charge in [0.2, 0.25) is 11.8 Å². The Morgan fingerprint density at radius 1 is 1.25 bits per heavy atom. The number of amides is 2. The first-order valence-corrected chi connectivity index (χ1v) is 7.50. The van der Waals surface area contributed by atoms with Crippen LogP contribution in [0.5, 0.6) is 0 Å². The molecule has 1 unspecified atom stereocenters. The van der Waals surface area contributed by atoms with Crippen molar-refractivity contribution >= 4 is 11.8 Å². The van der Waals surface area contributed by atoms with Gasteiger partial charge in [0, 0.05) is 18.5 Å². The van der Waals surface area contributed by atoms with Crippen LogP contribution in [0.4, 0.5) is 0 Å². The summed E-state index contributed by atoms with van der Waals surface area (Å²) in [6.07, 6.45) is 2.07. The third kappa shape index (κ3) is 4.78. The van der Waals surface area contributed by atoms with Gasteiger partial charge in [-0.2, -0.15) is 0 Å². The molecule has 2 N–H and O–H groups in total. The number of likely N-dealkylation sites (tertiary alicyclic amines) is 1. The van der Waals surface area contributed by atoms with Gasteiger partial charge in [-0.15, -0.1) is 0 Å². The van der Waals surface area contributed by atoms with Gasteiger partial charge in [0.25, 0.3) is 0 Å². The van der Waals surface area contributed by atoms with Crippen LogP contribution in [0, 0.1) is 11.3 Å². The SMILES string of the molecule is CNCC1CCN(C(=O)C(C)NC(=O)C(C)(C)C)CC1. The Morgan fingerprint density at radius 2 is 1.80 bits per heavy atom. The first-order valence-electron chi connectivity index (χ1n) is 7.50. The molecule has 1 aliphatic heterocycles. The fraction of sp³-hybridized carbons (Fsp3) is 0.867. The minimum atomic E-state index is -0.464. The maximum Gasteiger partial charge on any atom is 0.244 e. The summed E-state index contributed by atoms with van der Waals surface area (Å²) in [6.45, 7) is 9.92. The normalized spacial score (nSPS) is 18.8. The van der Waals surface area contributed by atoms with E-state index in [0.717, 1.165) is 32.5 Å². The highest BCUT2D eigenvalue weighted by atomic mass is 16.2. The lowest BCUT2D eigenvalue weighted by molar-refractivity contribution is -0.139. The lowest BCUT2D eigenvalue weighted by atomic mass is 9.94. The molecule has 0 aromatic rings. The number of carbonyl (C=O) groups is 2. The van der Waals surface area contributed by atoms with Gasteiger partial charge in [0.05, 0.1) is 0 Å². The summed E-state index contributed by atoms with van der Waals surface area (Å²) in [6, 6.07) is -0.442. The van der Waals surface area contributed by atoms with Crippen molar-refractivity contribution < 1.29 is 9.59 Å². The fourth-order valence-electron chi connectivity index (χ4n) is 2.39. The molecular weight excluding hydrogens is 254 g/mol. The van der Waals surface area contributed by atoms with E-state index in [1.165, 1.54) is 0 Å². The summed E-state index contributed by atoms with van der Waals surface area (Å²) in [7, 11) is 1.96. The van der Waals surface area contributed by atoms with Gasteiger partial charge >= 0.3 is 0 Å². The molecule has 116 valence electrons. The second-order valence-electron chi connectivity index (χ2n) is 6.77. The summed E-state index contributed by atoms with van der Waals surface area (Å²) >= 11 is 0. The lowest BCUT2D eigenvalue weighted by Crippen LogP contribution is -2.51. The molecule has 2 amide bonds. The maximum absolute atomic E-state index is 12.3. The van der Waals surface area contributed by atoms with E-state index >= 15 is 0 Å². The standard InChI is InChI=1S/C15H29N3O2/c1-11(17-14(20)15(2,3)4)13(19)18-8-6-12(7-9-18)10-16-5/h11-12,16H,6-10H2,1-5H3,(H,17,20). The smallest absolute Gasteiger partial charge is 0.244 e. The van der Waals surface area contributed by atoms with E-state index in [-0.39, 0.29) is 11.8 Å². The molecule has 1 fully saturated rings. The van der Waals surface area contributed by atoms with Crippen LogP contribution in [0.1, 0.15) is 40.5 Å². The fourth-order valence-corrected chi connectivity index (χ4v) is 2.39. The largest absolute Gasteiger partial charge is 0.344 e. The van der Waals surface area contributed by atoms with Crippen LogP contribution in [0.2, 0.25) is 0 Å². The van der Waals surface area contributed by atoms with Gasteiger partial charge in [0.1, 0.15) is 6.04 Å². The number of carbonyl (C=O) groups excluding carboxylic acids is 2. The Hall–Kier alpha value is -1.10. The van der Waals surface area contributed by atoms with E-state index in [1.54, 1.807) is 6.92 Å². The Morgan fingerprint density at radius 3 is 2.25 bits per heavy atom. The lowest BCUT2D eigenvalue weighted by Gasteiger charge is -2.34. The number of nitrogens with zero attached hydrogens (tertiary/aromatic N) is 1. The molecule has 1 aliphatic rings. The van der Waals surface area contributed by atoms with Crippen LogP contribution in [-0.4, -0.2) is 49.4 Å². The van der Waals surface area contributed by atoms with Crippen molar-refractivity contribution in [2.75, 3.05) is 26.7 Å². The molecule has 0 saturated carbocycles. The van der Waals surface area contributed by atoms with Crippen LogP contribution in [0.3, 0.4) is 0 Å². The van der Waals surface area contributed by atoms with E-state index in [9.17, 15) is 9.59 Å². The molecule has 1 atom stereocenters. The van der Waals surface area contributed by atoms with E-state index in [4.69, 9.17) is 0 Å². The van der Waals surface area contributed by atoms with Gasteiger partial charge < -0.3 is 15.5 Å². The van der Waals surface area contributed by atoms with Gasteiger partial charge in [-0.3, -0.25) is 9.59 Å². The maximum atomic E-state index is 12.3. The highest BCUT2D eigenvalue weighted by Crippen LogP contribution is 2.18. The Balaban J connectivity index is 2.44. The first-order chi connectivity index (χ1) is 9.25. The first kappa shape index (κ1) is 17.0. The summed E-state index contributed by atoms with van der Waals surface area (Å²) in [4.78, 5) is 26.1. The van der Waals surface area contributed by atoms with Crippen molar-refractivity contribution in [3.8, 4) is 0 Å². The van der Waals surface area contributed by atoms with E-state index in [2.05, 4.69) is 10.6 Å². The van der Waals surface area contributed by atoms with Crippen molar-refractivity contribution in [2.45, 2.75) is 46.6 Å². The second kappa shape index (κ2) is 7.07. The van der Waals surface area contributed by atoms with E-state index < -0.39 is 11.5 Å². The third-order valence-electron chi connectivity index (χ3n) is 3.82. The van der Waals surface area contributed by atoms with Crippen molar-refractivity contribution in [2.24, 2.45) is 11.3 Å². The van der Waals surface area contributed by atoms with Crippen LogP contribution in [0.15, 0.2) is 0 Å². The zero-order valence-electron chi connectivity index (χ0n) is 13.5. The molecule has 0 bridgehead atoms. The summed E-state index contributed by atoms with van der Waals surface area (Å²) in [5.74, 6) is 0.609. The molecule has 0 aliphatic carbocycles. The molecule has 1 saturated heterocycles. The molecule has 0 aromatic carbocycles. The number of rotatable bonds is 4. The molecule has 0 radical (unpaired) electrons. The number of hydrogen-bond donors (Lipinski definition) is 2. The highest BCUT2D eigenvalue weighted by molar-refractivity contribution is 5.89. The summed E-state index contributed by atoms with van der Waals surface area (Å²) in [5, 5.41) is 6.00. The quantitative estimate of drug-likeness (QED) is 0.809. The second-order valence-corrected chi connectivity index (χ2v) is 6.77. The van der Waals surface area contributed by atoms with Crippen LogP contribution in [0.25, 0.3) is 0 Å². The molecular formula is C15H29N3O2. The van der Waals surface area contributed by atoms with Crippen molar-refractivity contribution in [1.29, 1.82) is 0 Å². The van der Waals surface area contributed by atoms with Crippen LogP contribution < -0.4 is 10.6 Å². The molecule has 1 rings (SSSR count). The minimum Gasteiger partial charge on any atom is -0.344 e. The minimum absolute atomic E-state index is 0.0329. The zero-order valence-corrected chi connectivity index (χ0v) is 13.5. The van der Waals surface area contributed by atoms with Gasteiger partial charge in [0.15, 0.2) is 0 Å². The molecule has 0 spiro atoms. The number of hydrogen-bond acceptors (Lipinski definition) is 3. The summed E-state index contributed by atoms with van der Waals surface area (Å²) in [5.41, 5.74) is -0.464. The third-order valence-corrected chi connectivity index (χ3v) is 3.82. The van der Waals surface area contributed by atoms with Crippen LogP contribution in [-0.2, 0) is 9.59 Å². The zero-order chi connectivity index (χ0) is 15.3. The van der Waals surface area contributed by atoms with Gasteiger partial charge in [-0.05, 0) is 39.3 Å². The topological polar surface area (TPSA) is 61.4 Å². The van der Waals surface area contributed by atoms with Crippen molar-refractivity contribution in [3.05, 3.63) is 0 Å². The average molecular weight is 283 g/mol.